The lowest BCUT2D eigenvalue weighted by atomic mass is 9.99. The predicted molar refractivity (Wildman–Crippen MR) is 46.3 cm³/mol. The van der Waals surface area contributed by atoms with Crippen LogP contribution in [0.2, 0.25) is 0 Å². The van der Waals surface area contributed by atoms with E-state index in [1.807, 2.05) is 0 Å². The molecule has 11 heavy (non-hydrogen) atoms. The van der Waals surface area contributed by atoms with Crippen LogP contribution in [0, 0.1) is 0 Å². The molecule has 60 valence electrons. The summed E-state index contributed by atoms with van der Waals surface area (Å²) < 4.78 is 0. The second-order valence-electron chi connectivity index (χ2n) is 3.29. The first-order valence-electron chi connectivity index (χ1n) is 4.16. The van der Waals surface area contributed by atoms with Crippen molar-refractivity contribution in [3.05, 3.63) is 23.4 Å². The molecule has 0 aromatic heterocycles. The number of hydrogen-bond acceptors (Lipinski definition) is 2. The lowest BCUT2D eigenvalue weighted by Gasteiger charge is -2.27. The van der Waals surface area contributed by atoms with Gasteiger partial charge in [0.15, 0.2) is 0 Å². The van der Waals surface area contributed by atoms with Crippen LogP contribution in [0.5, 0.6) is 0 Å². The average Bonchev–Trinajstić information content (AvgIpc) is 2.04. The highest BCUT2D eigenvalue weighted by Gasteiger charge is 2.13. The molecule has 0 bridgehead atoms. The molecule has 0 fully saturated rings. The Hall–Kier alpha value is -0.760. The molecule has 2 aliphatic heterocycles. The smallest absolute Gasteiger partial charge is 0.0386 e. The molecular weight excluding hydrogens is 136 g/mol. The molecule has 2 nitrogen and oxygen atoms in total. The summed E-state index contributed by atoms with van der Waals surface area (Å²) in [4.78, 5) is 2.24. The summed E-state index contributed by atoms with van der Waals surface area (Å²) in [6.45, 7) is 3.35. The van der Waals surface area contributed by atoms with Crippen LogP contribution in [0.1, 0.15) is 6.42 Å². The van der Waals surface area contributed by atoms with Gasteiger partial charge in [0.1, 0.15) is 0 Å². The Bertz CT molecular complexity index is 216. The van der Waals surface area contributed by atoms with Gasteiger partial charge in [0, 0.05) is 20.1 Å². The number of nitrogens with zero attached hydrogens (tertiary/aromatic N) is 1. The van der Waals surface area contributed by atoms with Crippen LogP contribution >= 0.6 is 0 Å². The first kappa shape index (κ1) is 6.92. The number of likely N-dealkylation sites (N-methyl/N-ethyl adjacent to an activating group) is 1. The number of nitrogens with one attached hydrogen (secondary N) is 1. The predicted octanol–water partition coefficient (Wildman–Crippen LogP) is 0.735. The number of hydrogen-bond donors (Lipinski definition) is 1. The Balaban J connectivity index is 2.20. The van der Waals surface area contributed by atoms with Gasteiger partial charge in [-0.15, -0.1) is 0 Å². The lowest BCUT2D eigenvalue weighted by molar-refractivity contribution is 0.467. The van der Waals surface area contributed by atoms with E-state index in [1.165, 1.54) is 12.0 Å². The van der Waals surface area contributed by atoms with Crippen LogP contribution in [0.15, 0.2) is 23.4 Å². The summed E-state index contributed by atoms with van der Waals surface area (Å²) in [6, 6.07) is 0. The molecule has 0 amide bonds. The Kier molecular flexibility index (Phi) is 1.70. The normalized spacial score (nSPS) is 23.9. The van der Waals surface area contributed by atoms with Gasteiger partial charge in [0.2, 0.25) is 0 Å². The van der Waals surface area contributed by atoms with Gasteiger partial charge in [0.05, 0.1) is 0 Å². The summed E-state index contributed by atoms with van der Waals surface area (Å²) in [7, 11) is 2.13. The van der Waals surface area contributed by atoms with Gasteiger partial charge in [-0.1, -0.05) is 0 Å². The van der Waals surface area contributed by atoms with Gasteiger partial charge in [-0.25, -0.2) is 0 Å². The fraction of sp³-hybridized carbons (Fsp3) is 0.556. The van der Waals surface area contributed by atoms with Gasteiger partial charge in [0.25, 0.3) is 0 Å². The quantitative estimate of drug-likeness (QED) is 0.548. The van der Waals surface area contributed by atoms with Crippen molar-refractivity contribution in [3.63, 3.8) is 0 Å². The molecular formula is C9H14N2. The van der Waals surface area contributed by atoms with Crippen molar-refractivity contribution in [1.29, 1.82) is 0 Å². The van der Waals surface area contributed by atoms with E-state index in [4.69, 9.17) is 0 Å². The first-order chi connectivity index (χ1) is 5.36. The van der Waals surface area contributed by atoms with Gasteiger partial charge >= 0.3 is 0 Å². The van der Waals surface area contributed by atoms with E-state index in [2.05, 4.69) is 29.5 Å². The molecule has 0 aromatic carbocycles. The SMILES string of the molecule is CN1C=CC2=C(CCNC2)C1. The molecule has 0 spiro atoms. The van der Waals surface area contributed by atoms with Gasteiger partial charge in [-0.2, -0.15) is 0 Å². The van der Waals surface area contributed by atoms with Crippen LogP contribution in [-0.4, -0.2) is 31.6 Å². The van der Waals surface area contributed by atoms with Crippen LogP contribution in [-0.2, 0) is 0 Å². The van der Waals surface area contributed by atoms with E-state index in [-0.39, 0.29) is 0 Å². The molecule has 0 aromatic rings. The zero-order valence-electron chi connectivity index (χ0n) is 6.93. The highest BCUT2D eigenvalue weighted by Crippen LogP contribution is 2.18. The van der Waals surface area contributed by atoms with Crippen LogP contribution in [0.4, 0.5) is 0 Å². The maximum atomic E-state index is 3.37. The van der Waals surface area contributed by atoms with Gasteiger partial charge in [-0.05, 0) is 36.4 Å². The zero-order valence-corrected chi connectivity index (χ0v) is 6.93. The van der Waals surface area contributed by atoms with Gasteiger partial charge in [-0.3, -0.25) is 0 Å². The average molecular weight is 150 g/mol. The molecule has 0 radical (unpaired) electrons. The largest absolute Gasteiger partial charge is 0.376 e. The molecule has 2 rings (SSSR count). The second-order valence-corrected chi connectivity index (χ2v) is 3.29. The Labute approximate surface area is 67.6 Å². The molecule has 2 heterocycles. The molecule has 1 N–H and O–H groups in total. The minimum Gasteiger partial charge on any atom is -0.376 e. The van der Waals surface area contributed by atoms with Gasteiger partial charge < -0.3 is 10.2 Å². The molecule has 0 saturated carbocycles. The summed E-state index contributed by atoms with van der Waals surface area (Å²) >= 11 is 0. The third kappa shape index (κ3) is 1.31. The van der Waals surface area contributed by atoms with Crippen molar-refractivity contribution in [2.45, 2.75) is 6.42 Å². The Morgan fingerprint density at radius 3 is 3.36 bits per heavy atom. The van der Waals surface area contributed by atoms with E-state index in [0.717, 1.165) is 19.6 Å². The van der Waals surface area contributed by atoms with Crippen molar-refractivity contribution < 1.29 is 0 Å². The van der Waals surface area contributed by atoms with E-state index in [1.54, 1.807) is 5.57 Å². The van der Waals surface area contributed by atoms with Crippen molar-refractivity contribution in [1.82, 2.24) is 10.2 Å². The summed E-state index contributed by atoms with van der Waals surface area (Å²) in [5.41, 5.74) is 3.13. The standard InChI is InChI=1S/C9H14N2/c1-11-5-3-8-6-10-4-2-9(8)7-11/h3,5,10H,2,4,6-7H2,1H3. The van der Waals surface area contributed by atoms with E-state index in [9.17, 15) is 0 Å². The molecule has 0 aliphatic carbocycles. The topological polar surface area (TPSA) is 15.3 Å². The number of rotatable bonds is 0. The van der Waals surface area contributed by atoms with Crippen LogP contribution in [0.3, 0.4) is 0 Å². The first-order valence-corrected chi connectivity index (χ1v) is 4.16. The Morgan fingerprint density at radius 2 is 2.45 bits per heavy atom. The van der Waals surface area contributed by atoms with Crippen molar-refractivity contribution in [3.8, 4) is 0 Å². The minimum atomic E-state index is 1.07. The van der Waals surface area contributed by atoms with Crippen molar-refractivity contribution in [2.24, 2.45) is 0 Å². The lowest BCUT2D eigenvalue weighted by Crippen LogP contribution is -2.30. The summed E-state index contributed by atoms with van der Waals surface area (Å²) in [6.07, 6.45) is 5.61. The minimum absolute atomic E-state index is 1.07. The maximum absolute atomic E-state index is 3.37. The fourth-order valence-electron chi connectivity index (χ4n) is 1.68. The van der Waals surface area contributed by atoms with Crippen molar-refractivity contribution in [2.75, 3.05) is 26.7 Å². The van der Waals surface area contributed by atoms with E-state index in [0.29, 0.717) is 0 Å². The molecule has 2 heteroatoms. The fourth-order valence-corrected chi connectivity index (χ4v) is 1.68. The third-order valence-electron chi connectivity index (χ3n) is 2.34. The summed E-state index contributed by atoms with van der Waals surface area (Å²) in [5.74, 6) is 0. The van der Waals surface area contributed by atoms with Crippen LogP contribution < -0.4 is 5.32 Å². The highest BCUT2D eigenvalue weighted by atomic mass is 15.1. The molecule has 2 aliphatic rings. The maximum Gasteiger partial charge on any atom is 0.0386 e. The molecule has 0 unspecified atom stereocenters. The van der Waals surface area contributed by atoms with E-state index < -0.39 is 0 Å². The molecule has 0 atom stereocenters. The van der Waals surface area contributed by atoms with Crippen LogP contribution in [0.25, 0.3) is 0 Å². The van der Waals surface area contributed by atoms with Crippen molar-refractivity contribution >= 4 is 0 Å². The van der Waals surface area contributed by atoms with E-state index >= 15 is 0 Å². The monoisotopic (exact) mass is 150 g/mol. The summed E-state index contributed by atoms with van der Waals surface area (Å²) in [5, 5.41) is 3.37. The second kappa shape index (κ2) is 2.70. The highest BCUT2D eigenvalue weighted by molar-refractivity contribution is 5.33. The molecule has 0 saturated heterocycles. The zero-order chi connectivity index (χ0) is 7.68. The Morgan fingerprint density at radius 1 is 1.55 bits per heavy atom. The third-order valence-corrected chi connectivity index (χ3v) is 2.34.